The first kappa shape index (κ1) is 23.6. The molecule has 0 fully saturated rings. The standard InChI is InChI=1S/C17H29O7P/c1-3-15(18)23-14-12-10-8-6-5-7-9-11-13-17(25(20,21)22)24-16(19)4-2/h3-4,17H,1-2,5-14H2,(H2,20,21,22). The molecule has 0 bridgehead atoms. The molecule has 7 nitrogen and oxygen atoms in total. The highest BCUT2D eigenvalue weighted by Crippen LogP contribution is 2.44. The fraction of sp³-hybridized carbons (Fsp3) is 0.647. The van der Waals surface area contributed by atoms with E-state index in [0.29, 0.717) is 13.0 Å². The highest BCUT2D eigenvalue weighted by Gasteiger charge is 2.31. The van der Waals surface area contributed by atoms with E-state index in [0.717, 1.165) is 57.1 Å². The summed E-state index contributed by atoms with van der Waals surface area (Å²) in [6.45, 7) is 6.94. The van der Waals surface area contributed by atoms with Gasteiger partial charge in [0.2, 0.25) is 5.85 Å². The predicted octanol–water partition coefficient (Wildman–Crippen LogP) is 3.46. The number of esters is 2. The summed E-state index contributed by atoms with van der Waals surface area (Å²) in [4.78, 5) is 40.3. The lowest BCUT2D eigenvalue weighted by atomic mass is 10.1. The van der Waals surface area contributed by atoms with E-state index >= 15 is 0 Å². The Hall–Kier alpha value is -1.43. The van der Waals surface area contributed by atoms with Crippen LogP contribution in [0.1, 0.15) is 57.8 Å². The summed E-state index contributed by atoms with van der Waals surface area (Å²) < 4.78 is 20.9. The first-order valence-electron chi connectivity index (χ1n) is 8.48. The molecule has 0 aromatic carbocycles. The maximum atomic E-state index is 11.3. The molecule has 0 radical (unpaired) electrons. The molecule has 0 amide bonds. The van der Waals surface area contributed by atoms with Gasteiger partial charge in [-0.05, 0) is 19.3 Å². The molecule has 0 aliphatic carbocycles. The summed E-state index contributed by atoms with van der Waals surface area (Å²) in [5.74, 6) is -2.62. The Morgan fingerprint density at radius 3 is 1.84 bits per heavy atom. The van der Waals surface area contributed by atoms with E-state index < -0.39 is 25.4 Å². The van der Waals surface area contributed by atoms with Crippen molar-refractivity contribution in [3.63, 3.8) is 0 Å². The Balaban J connectivity index is 3.65. The molecular formula is C17H29O7P. The van der Waals surface area contributed by atoms with E-state index in [2.05, 4.69) is 13.2 Å². The molecule has 0 rings (SSSR count). The highest BCUT2D eigenvalue weighted by molar-refractivity contribution is 7.52. The molecule has 0 saturated heterocycles. The van der Waals surface area contributed by atoms with E-state index in [1.807, 2.05) is 0 Å². The molecule has 0 aliphatic heterocycles. The number of carbonyl (C=O) groups is 2. The second-order valence-electron chi connectivity index (χ2n) is 5.67. The number of rotatable bonds is 15. The maximum absolute atomic E-state index is 11.3. The van der Waals surface area contributed by atoms with Gasteiger partial charge in [0, 0.05) is 12.2 Å². The Morgan fingerprint density at radius 1 is 0.880 bits per heavy atom. The monoisotopic (exact) mass is 376 g/mol. The number of unbranched alkanes of at least 4 members (excludes halogenated alkanes) is 7. The summed E-state index contributed by atoms with van der Waals surface area (Å²) in [6, 6.07) is 0. The fourth-order valence-electron chi connectivity index (χ4n) is 2.19. The van der Waals surface area contributed by atoms with Gasteiger partial charge in [-0.1, -0.05) is 51.7 Å². The minimum absolute atomic E-state index is 0.137. The van der Waals surface area contributed by atoms with Crippen molar-refractivity contribution >= 4 is 19.5 Å². The van der Waals surface area contributed by atoms with Crippen molar-refractivity contribution in [1.82, 2.24) is 0 Å². The predicted molar refractivity (Wildman–Crippen MR) is 94.8 cm³/mol. The van der Waals surface area contributed by atoms with Crippen LogP contribution in [-0.4, -0.2) is 34.2 Å². The van der Waals surface area contributed by atoms with Crippen molar-refractivity contribution < 1.29 is 33.4 Å². The SMILES string of the molecule is C=CC(=O)OCCCCCCCCCCC(OC(=O)C=C)P(=O)(O)O. The molecule has 8 heteroatoms. The Bertz CT molecular complexity index is 470. The molecule has 0 aromatic heterocycles. The Kier molecular flexibility index (Phi) is 13.0. The van der Waals surface area contributed by atoms with Gasteiger partial charge in [-0.15, -0.1) is 0 Å². The van der Waals surface area contributed by atoms with Crippen LogP contribution in [0.2, 0.25) is 0 Å². The first-order chi connectivity index (χ1) is 11.8. The summed E-state index contributed by atoms with van der Waals surface area (Å²) >= 11 is 0. The van der Waals surface area contributed by atoms with Crippen molar-refractivity contribution in [2.45, 2.75) is 63.6 Å². The summed E-state index contributed by atoms with van der Waals surface area (Å²) in [7, 11) is -4.46. The van der Waals surface area contributed by atoms with Crippen LogP contribution in [0.15, 0.2) is 25.3 Å². The van der Waals surface area contributed by atoms with Crippen LogP contribution in [0, 0.1) is 0 Å². The van der Waals surface area contributed by atoms with E-state index in [1.165, 1.54) is 0 Å². The zero-order valence-electron chi connectivity index (χ0n) is 14.6. The van der Waals surface area contributed by atoms with Gasteiger partial charge in [-0.25, -0.2) is 9.59 Å². The van der Waals surface area contributed by atoms with Crippen molar-refractivity contribution in [1.29, 1.82) is 0 Å². The molecule has 0 spiro atoms. The van der Waals surface area contributed by atoms with Crippen molar-refractivity contribution in [3.05, 3.63) is 25.3 Å². The van der Waals surface area contributed by atoms with Crippen LogP contribution < -0.4 is 0 Å². The summed E-state index contributed by atoms with van der Waals surface area (Å²) in [5, 5.41) is 0. The van der Waals surface area contributed by atoms with Gasteiger partial charge < -0.3 is 19.3 Å². The maximum Gasteiger partial charge on any atom is 0.365 e. The van der Waals surface area contributed by atoms with Gasteiger partial charge in [0.15, 0.2) is 0 Å². The molecule has 0 aromatic rings. The van der Waals surface area contributed by atoms with Gasteiger partial charge in [0.1, 0.15) is 0 Å². The molecule has 144 valence electrons. The van der Waals surface area contributed by atoms with Crippen LogP contribution >= 0.6 is 7.60 Å². The average molecular weight is 376 g/mol. The zero-order valence-corrected chi connectivity index (χ0v) is 15.5. The Labute approximate surface area is 149 Å². The third-order valence-electron chi connectivity index (χ3n) is 3.55. The second-order valence-corrected chi connectivity index (χ2v) is 7.43. The fourth-order valence-corrected chi connectivity index (χ4v) is 2.95. The van der Waals surface area contributed by atoms with Crippen LogP contribution in [0.4, 0.5) is 0 Å². The lowest BCUT2D eigenvalue weighted by Gasteiger charge is -2.18. The van der Waals surface area contributed by atoms with Crippen molar-refractivity contribution in [3.8, 4) is 0 Å². The van der Waals surface area contributed by atoms with E-state index in [9.17, 15) is 23.9 Å². The third-order valence-corrected chi connectivity index (χ3v) is 4.66. The number of carbonyl (C=O) groups excluding carboxylic acids is 2. The molecule has 1 atom stereocenters. The van der Waals surface area contributed by atoms with Crippen LogP contribution in [0.25, 0.3) is 0 Å². The quantitative estimate of drug-likeness (QED) is 0.195. The van der Waals surface area contributed by atoms with Gasteiger partial charge in [-0.3, -0.25) is 4.57 Å². The normalized spacial score (nSPS) is 12.2. The molecule has 1 unspecified atom stereocenters. The van der Waals surface area contributed by atoms with Crippen molar-refractivity contribution in [2.24, 2.45) is 0 Å². The average Bonchev–Trinajstić information content (AvgIpc) is 2.56. The molecule has 0 heterocycles. The highest BCUT2D eigenvalue weighted by atomic mass is 31.2. The van der Waals surface area contributed by atoms with E-state index in [-0.39, 0.29) is 6.42 Å². The Morgan fingerprint density at radius 2 is 1.36 bits per heavy atom. The molecule has 0 aliphatic rings. The zero-order chi connectivity index (χ0) is 19.1. The molecule has 0 saturated carbocycles. The largest absolute Gasteiger partial charge is 0.463 e. The minimum Gasteiger partial charge on any atom is -0.463 e. The van der Waals surface area contributed by atoms with E-state index in [4.69, 9.17) is 9.47 Å². The third kappa shape index (κ3) is 13.5. The van der Waals surface area contributed by atoms with Crippen LogP contribution in [-0.2, 0) is 23.6 Å². The topological polar surface area (TPSA) is 110 Å². The lowest BCUT2D eigenvalue weighted by Crippen LogP contribution is -2.17. The van der Waals surface area contributed by atoms with Gasteiger partial charge in [-0.2, -0.15) is 0 Å². The lowest BCUT2D eigenvalue weighted by molar-refractivity contribution is -0.140. The van der Waals surface area contributed by atoms with E-state index in [1.54, 1.807) is 0 Å². The van der Waals surface area contributed by atoms with Gasteiger partial charge >= 0.3 is 19.5 Å². The smallest absolute Gasteiger partial charge is 0.365 e. The van der Waals surface area contributed by atoms with Gasteiger partial charge in [0.25, 0.3) is 0 Å². The second kappa shape index (κ2) is 13.8. The van der Waals surface area contributed by atoms with Crippen LogP contribution in [0.3, 0.4) is 0 Å². The van der Waals surface area contributed by atoms with Gasteiger partial charge in [0.05, 0.1) is 6.61 Å². The molecular weight excluding hydrogens is 347 g/mol. The number of ether oxygens (including phenoxy) is 2. The summed E-state index contributed by atoms with van der Waals surface area (Å²) in [5.41, 5.74) is 0. The molecule has 25 heavy (non-hydrogen) atoms. The molecule has 2 N–H and O–H groups in total. The van der Waals surface area contributed by atoms with Crippen LogP contribution in [0.5, 0.6) is 0 Å². The number of hydrogen-bond donors (Lipinski definition) is 2. The number of hydrogen-bond acceptors (Lipinski definition) is 5. The minimum atomic E-state index is -4.46. The first-order valence-corrected chi connectivity index (χ1v) is 10.2. The van der Waals surface area contributed by atoms with Crippen molar-refractivity contribution in [2.75, 3.05) is 6.61 Å². The summed E-state index contributed by atoms with van der Waals surface area (Å²) in [6.07, 6.45) is 9.48.